The number of benzene rings is 1. The Morgan fingerprint density at radius 1 is 1.37 bits per heavy atom. The Morgan fingerprint density at radius 3 is 2.74 bits per heavy atom. The fourth-order valence-corrected chi connectivity index (χ4v) is 3.98. The van der Waals surface area contributed by atoms with Crippen LogP contribution in [-0.2, 0) is 0 Å². The highest BCUT2D eigenvalue weighted by Crippen LogP contribution is 2.37. The summed E-state index contributed by atoms with van der Waals surface area (Å²) in [5, 5.41) is 0. The molecule has 0 aliphatic carbocycles. The van der Waals surface area contributed by atoms with Gasteiger partial charge in [0.25, 0.3) is 0 Å². The molecule has 1 unspecified atom stereocenters. The Bertz CT molecular complexity index is 540. The largest absolute Gasteiger partial charge is 0.494 e. The Hall–Kier alpha value is -0.400. The van der Waals surface area contributed by atoms with Gasteiger partial charge in [-0.05, 0) is 62.5 Å². The number of ether oxygens (including phenoxy) is 1. The fourth-order valence-electron chi connectivity index (χ4n) is 1.80. The van der Waals surface area contributed by atoms with Crippen LogP contribution in [0, 0.1) is 0 Å². The molecular weight excluding hydrogens is 392 g/mol. The third kappa shape index (κ3) is 3.58. The molecule has 2 aromatic rings. The average molecular weight is 406 g/mol. The molecule has 6 heteroatoms. The van der Waals surface area contributed by atoms with Crippen molar-refractivity contribution in [3.63, 3.8) is 0 Å². The molecule has 0 radical (unpaired) electrons. The molecule has 0 fully saturated rings. The van der Waals surface area contributed by atoms with Gasteiger partial charge in [0.15, 0.2) is 0 Å². The SMILES string of the molecule is CCOc1cccc(C(NN)c2cc(Br)c(Br)s2)c1. The van der Waals surface area contributed by atoms with E-state index in [1.165, 1.54) is 0 Å². The molecule has 0 aliphatic heterocycles. The molecule has 0 saturated carbocycles. The van der Waals surface area contributed by atoms with Crippen LogP contribution in [0.15, 0.2) is 38.6 Å². The van der Waals surface area contributed by atoms with Gasteiger partial charge in [-0.1, -0.05) is 12.1 Å². The second kappa shape index (κ2) is 6.85. The molecule has 1 aromatic carbocycles. The summed E-state index contributed by atoms with van der Waals surface area (Å²) in [7, 11) is 0. The molecular formula is C13H14Br2N2OS. The van der Waals surface area contributed by atoms with E-state index in [1.807, 2.05) is 31.2 Å². The standard InChI is InChI=1S/C13H14Br2N2OS/c1-2-18-9-5-3-4-8(6-9)12(17-16)11-7-10(14)13(15)19-11/h3-7,12,17H,2,16H2,1H3. The zero-order valence-corrected chi connectivity index (χ0v) is 14.3. The summed E-state index contributed by atoms with van der Waals surface area (Å²) in [6, 6.07) is 9.98. The van der Waals surface area contributed by atoms with E-state index in [0.717, 1.165) is 24.4 Å². The minimum atomic E-state index is -0.0481. The molecule has 19 heavy (non-hydrogen) atoms. The zero-order chi connectivity index (χ0) is 13.8. The number of rotatable bonds is 5. The van der Waals surface area contributed by atoms with Crippen molar-refractivity contribution in [2.75, 3.05) is 6.61 Å². The lowest BCUT2D eigenvalue weighted by Crippen LogP contribution is -2.28. The van der Waals surface area contributed by atoms with Crippen LogP contribution < -0.4 is 16.0 Å². The van der Waals surface area contributed by atoms with Crippen LogP contribution in [0.4, 0.5) is 0 Å². The van der Waals surface area contributed by atoms with Crippen LogP contribution in [0.5, 0.6) is 5.75 Å². The van der Waals surface area contributed by atoms with Crippen molar-refractivity contribution in [3.8, 4) is 5.75 Å². The highest BCUT2D eigenvalue weighted by Gasteiger charge is 2.17. The van der Waals surface area contributed by atoms with Crippen molar-refractivity contribution in [2.24, 2.45) is 5.84 Å². The summed E-state index contributed by atoms with van der Waals surface area (Å²) in [4.78, 5) is 1.13. The van der Waals surface area contributed by atoms with E-state index in [2.05, 4.69) is 43.4 Å². The van der Waals surface area contributed by atoms with Crippen LogP contribution >= 0.6 is 43.2 Å². The normalized spacial score (nSPS) is 12.4. The monoisotopic (exact) mass is 404 g/mol. The predicted molar refractivity (Wildman–Crippen MR) is 86.5 cm³/mol. The molecule has 0 spiro atoms. The summed E-state index contributed by atoms with van der Waals surface area (Å²) < 4.78 is 7.62. The van der Waals surface area contributed by atoms with Crippen LogP contribution in [0.1, 0.15) is 23.4 Å². The molecule has 1 aromatic heterocycles. The summed E-state index contributed by atoms with van der Waals surface area (Å²) in [5.74, 6) is 6.56. The van der Waals surface area contributed by atoms with Gasteiger partial charge in [0.2, 0.25) is 0 Å². The molecule has 0 bridgehead atoms. The van der Waals surface area contributed by atoms with Crippen molar-refractivity contribution >= 4 is 43.2 Å². The zero-order valence-electron chi connectivity index (χ0n) is 10.3. The van der Waals surface area contributed by atoms with E-state index in [1.54, 1.807) is 11.3 Å². The van der Waals surface area contributed by atoms with Crippen molar-refractivity contribution in [2.45, 2.75) is 13.0 Å². The van der Waals surface area contributed by atoms with E-state index < -0.39 is 0 Å². The second-order valence-corrected chi connectivity index (χ2v) is 7.13. The van der Waals surface area contributed by atoms with E-state index in [0.29, 0.717) is 6.61 Å². The Labute approximate surface area is 133 Å². The molecule has 0 aliphatic rings. The molecule has 0 amide bonds. The van der Waals surface area contributed by atoms with Gasteiger partial charge in [0, 0.05) is 9.35 Å². The molecule has 2 rings (SSSR count). The van der Waals surface area contributed by atoms with Gasteiger partial charge in [0.1, 0.15) is 5.75 Å². The smallest absolute Gasteiger partial charge is 0.119 e. The van der Waals surface area contributed by atoms with Gasteiger partial charge in [-0.15, -0.1) is 11.3 Å². The van der Waals surface area contributed by atoms with Crippen molar-refractivity contribution < 1.29 is 4.74 Å². The average Bonchev–Trinajstić information content (AvgIpc) is 2.71. The Morgan fingerprint density at radius 2 is 2.16 bits per heavy atom. The highest BCUT2D eigenvalue weighted by atomic mass is 79.9. The first-order chi connectivity index (χ1) is 9.15. The number of thiophene rings is 1. The first-order valence-electron chi connectivity index (χ1n) is 5.79. The molecule has 0 saturated heterocycles. The van der Waals surface area contributed by atoms with E-state index in [4.69, 9.17) is 10.6 Å². The summed E-state index contributed by atoms with van der Waals surface area (Å²) in [6.07, 6.45) is 0. The van der Waals surface area contributed by atoms with Crippen molar-refractivity contribution in [1.82, 2.24) is 5.43 Å². The second-order valence-electron chi connectivity index (χ2n) is 3.88. The maximum Gasteiger partial charge on any atom is 0.119 e. The molecule has 3 N–H and O–H groups in total. The van der Waals surface area contributed by atoms with Crippen molar-refractivity contribution in [1.29, 1.82) is 0 Å². The van der Waals surface area contributed by atoms with Crippen LogP contribution in [0.25, 0.3) is 0 Å². The van der Waals surface area contributed by atoms with Gasteiger partial charge in [-0.25, -0.2) is 5.43 Å². The predicted octanol–water partition coefficient (Wildman–Crippen LogP) is 4.22. The lowest BCUT2D eigenvalue weighted by Gasteiger charge is -2.15. The molecule has 3 nitrogen and oxygen atoms in total. The van der Waals surface area contributed by atoms with Gasteiger partial charge >= 0.3 is 0 Å². The summed E-state index contributed by atoms with van der Waals surface area (Å²) in [5.41, 5.74) is 3.94. The quantitative estimate of drug-likeness (QED) is 0.578. The number of nitrogens with one attached hydrogen (secondary N) is 1. The van der Waals surface area contributed by atoms with Crippen molar-refractivity contribution in [3.05, 3.63) is 49.0 Å². The third-order valence-corrected chi connectivity index (χ3v) is 5.94. The van der Waals surface area contributed by atoms with Gasteiger partial charge in [-0.3, -0.25) is 5.84 Å². The highest BCUT2D eigenvalue weighted by molar-refractivity contribution is 9.13. The molecule has 1 atom stereocenters. The fraction of sp³-hybridized carbons (Fsp3) is 0.231. The topological polar surface area (TPSA) is 47.3 Å². The first kappa shape index (κ1) is 15.0. The minimum Gasteiger partial charge on any atom is -0.494 e. The van der Waals surface area contributed by atoms with Gasteiger partial charge in [0.05, 0.1) is 16.4 Å². The van der Waals surface area contributed by atoms with Crippen LogP contribution in [-0.4, -0.2) is 6.61 Å². The van der Waals surface area contributed by atoms with Crippen LogP contribution in [0.3, 0.4) is 0 Å². The minimum absolute atomic E-state index is 0.0481. The summed E-state index contributed by atoms with van der Waals surface area (Å²) >= 11 is 8.65. The van der Waals surface area contributed by atoms with Gasteiger partial charge in [-0.2, -0.15) is 0 Å². The lowest BCUT2D eigenvalue weighted by atomic mass is 10.1. The van der Waals surface area contributed by atoms with E-state index in [-0.39, 0.29) is 6.04 Å². The lowest BCUT2D eigenvalue weighted by molar-refractivity contribution is 0.339. The number of hydrogen-bond donors (Lipinski definition) is 2. The van der Waals surface area contributed by atoms with Gasteiger partial charge < -0.3 is 4.74 Å². The molecule has 102 valence electrons. The summed E-state index contributed by atoms with van der Waals surface area (Å²) in [6.45, 7) is 2.62. The number of hydrogen-bond acceptors (Lipinski definition) is 4. The maximum atomic E-state index is 5.71. The first-order valence-corrected chi connectivity index (χ1v) is 8.19. The van der Waals surface area contributed by atoms with Crippen LogP contribution in [0.2, 0.25) is 0 Å². The Kier molecular flexibility index (Phi) is 5.41. The van der Waals surface area contributed by atoms with E-state index in [9.17, 15) is 0 Å². The Balaban J connectivity index is 2.33. The third-order valence-electron chi connectivity index (χ3n) is 2.62. The number of hydrazine groups is 1. The number of nitrogens with two attached hydrogens (primary N) is 1. The number of halogens is 2. The van der Waals surface area contributed by atoms with E-state index >= 15 is 0 Å². The molecule has 1 heterocycles. The maximum absolute atomic E-state index is 5.71.